The fourth-order valence-electron chi connectivity index (χ4n) is 10.5. The minimum absolute atomic E-state index is 1.12. The number of fused-ring (bicyclic) bond motifs is 2. The van der Waals surface area contributed by atoms with Crippen LogP contribution in [0.5, 0.6) is 0 Å². The average molecular weight is 845 g/mol. The lowest BCUT2D eigenvalue weighted by atomic mass is 9.91. The molecule has 0 amide bonds. The van der Waals surface area contributed by atoms with E-state index in [1.54, 1.807) is 0 Å². The van der Waals surface area contributed by atoms with Crippen LogP contribution in [0.1, 0.15) is 22.3 Å². The van der Waals surface area contributed by atoms with E-state index in [-0.39, 0.29) is 0 Å². The lowest BCUT2D eigenvalue weighted by Gasteiger charge is -2.32. The van der Waals surface area contributed by atoms with Crippen LogP contribution in [0.4, 0.5) is 34.1 Å². The van der Waals surface area contributed by atoms with Crippen molar-refractivity contribution < 1.29 is 0 Å². The molecule has 0 radical (unpaired) electrons. The van der Waals surface area contributed by atoms with Gasteiger partial charge in [-0.3, -0.25) is 0 Å². The van der Waals surface area contributed by atoms with Gasteiger partial charge in [0, 0.05) is 32.9 Å². The van der Waals surface area contributed by atoms with E-state index in [0.717, 1.165) is 22.7 Å². The van der Waals surface area contributed by atoms with Gasteiger partial charge >= 0.3 is 0 Å². The molecule has 0 saturated carbocycles. The molecule has 0 aliphatic carbocycles. The van der Waals surface area contributed by atoms with Gasteiger partial charge in [0.25, 0.3) is 0 Å². The van der Waals surface area contributed by atoms with Crippen LogP contribution < -0.4 is 9.80 Å². The molecule has 0 bridgehead atoms. The maximum absolute atomic E-state index is 2.53. The summed E-state index contributed by atoms with van der Waals surface area (Å²) < 4.78 is 0. The number of hydrogen-bond donors (Lipinski definition) is 0. The number of aryl methyl sites for hydroxylation is 4. The zero-order chi connectivity index (χ0) is 44.5. The Balaban J connectivity index is 1.14. The molecule has 0 unspecified atom stereocenters. The van der Waals surface area contributed by atoms with Gasteiger partial charge < -0.3 is 9.80 Å². The number of benzene rings is 12. The molecule has 12 aromatic rings. The Labute approximate surface area is 386 Å². The molecule has 0 aliphatic heterocycles. The summed E-state index contributed by atoms with van der Waals surface area (Å²) >= 11 is 0. The molecule has 0 heterocycles. The summed E-state index contributed by atoms with van der Waals surface area (Å²) in [5.41, 5.74) is 16.6. The summed E-state index contributed by atoms with van der Waals surface area (Å²) in [6, 6.07) is 81.1. The molecule has 12 aromatic carbocycles. The quantitative estimate of drug-likeness (QED) is 0.141. The lowest BCUT2D eigenvalue weighted by molar-refractivity contribution is 1.28. The van der Waals surface area contributed by atoms with Crippen molar-refractivity contribution in [2.45, 2.75) is 27.7 Å². The van der Waals surface area contributed by atoms with Gasteiger partial charge in [-0.1, -0.05) is 181 Å². The Morgan fingerprint density at radius 1 is 0.273 bits per heavy atom. The average Bonchev–Trinajstić information content (AvgIpc) is 3.36. The molecule has 0 aromatic heterocycles. The molecule has 0 atom stereocenters. The van der Waals surface area contributed by atoms with Crippen LogP contribution in [0.25, 0.3) is 76.1 Å². The van der Waals surface area contributed by atoms with Gasteiger partial charge in [-0.2, -0.15) is 0 Å². The lowest BCUT2D eigenvalue weighted by Crippen LogP contribution is -2.13. The van der Waals surface area contributed by atoms with E-state index in [1.807, 2.05) is 0 Å². The summed E-state index contributed by atoms with van der Waals surface area (Å²) in [6.45, 7) is 8.90. The zero-order valence-electron chi connectivity index (χ0n) is 37.7. The van der Waals surface area contributed by atoms with Gasteiger partial charge in [0.05, 0.1) is 22.7 Å². The summed E-state index contributed by atoms with van der Waals surface area (Å²) in [4.78, 5) is 5.05. The second kappa shape index (κ2) is 15.8. The van der Waals surface area contributed by atoms with Crippen molar-refractivity contribution in [3.63, 3.8) is 0 Å². The number of hydrogen-bond acceptors (Lipinski definition) is 2. The maximum Gasteiger partial charge on any atom is 0.0569 e. The molecule has 314 valence electrons. The van der Waals surface area contributed by atoms with Crippen molar-refractivity contribution in [3.05, 3.63) is 241 Å². The monoisotopic (exact) mass is 844 g/mol. The van der Waals surface area contributed by atoms with Gasteiger partial charge in [0.15, 0.2) is 0 Å². The Kier molecular flexibility index (Phi) is 9.43. The number of rotatable bonds is 8. The third kappa shape index (κ3) is 6.56. The van der Waals surface area contributed by atoms with Crippen LogP contribution in [0.3, 0.4) is 0 Å². The first-order valence-corrected chi connectivity index (χ1v) is 23.0. The van der Waals surface area contributed by atoms with E-state index < -0.39 is 0 Å². The summed E-state index contributed by atoms with van der Waals surface area (Å²) in [5.74, 6) is 0. The van der Waals surface area contributed by atoms with Crippen LogP contribution in [0.2, 0.25) is 0 Å². The molecule has 66 heavy (non-hydrogen) atoms. The molecule has 0 saturated heterocycles. The topological polar surface area (TPSA) is 6.48 Å². The third-order valence-electron chi connectivity index (χ3n) is 13.7. The minimum atomic E-state index is 1.12. The van der Waals surface area contributed by atoms with Crippen molar-refractivity contribution in [3.8, 4) is 22.3 Å². The SMILES string of the molecule is Cc1ccc2ccc(C)c(N(c3cccc(-c4ccccc4)c3)c3ccc4ccc5c(N(c6cccc(-c7ccccc7)c6)c6c(C)ccc7ccc(C)cc67)ccc6ccc3c4c65)c2c1. The van der Waals surface area contributed by atoms with Crippen LogP contribution in [0, 0.1) is 27.7 Å². The molecule has 0 spiro atoms. The second-order valence-corrected chi connectivity index (χ2v) is 18.0. The molecule has 12 rings (SSSR count). The molecule has 2 nitrogen and oxygen atoms in total. The van der Waals surface area contributed by atoms with Crippen molar-refractivity contribution in [1.82, 2.24) is 0 Å². The van der Waals surface area contributed by atoms with Crippen LogP contribution in [-0.4, -0.2) is 0 Å². The largest absolute Gasteiger partial charge is 0.309 e. The van der Waals surface area contributed by atoms with Crippen molar-refractivity contribution in [1.29, 1.82) is 0 Å². The Hall–Kier alpha value is -8.20. The summed E-state index contributed by atoms with van der Waals surface area (Å²) in [6.07, 6.45) is 0. The van der Waals surface area contributed by atoms with Crippen LogP contribution >= 0.6 is 0 Å². The maximum atomic E-state index is 2.53. The van der Waals surface area contributed by atoms with E-state index in [4.69, 9.17) is 0 Å². The van der Waals surface area contributed by atoms with Gasteiger partial charge in [-0.05, 0) is 142 Å². The van der Waals surface area contributed by atoms with Gasteiger partial charge in [0.1, 0.15) is 0 Å². The molecule has 0 N–H and O–H groups in total. The van der Waals surface area contributed by atoms with E-state index >= 15 is 0 Å². The van der Waals surface area contributed by atoms with Gasteiger partial charge in [-0.25, -0.2) is 0 Å². The fourth-order valence-corrected chi connectivity index (χ4v) is 10.5. The highest BCUT2D eigenvalue weighted by Crippen LogP contribution is 2.51. The number of nitrogens with zero attached hydrogens (tertiary/aromatic N) is 2. The van der Waals surface area contributed by atoms with Crippen LogP contribution in [0.15, 0.2) is 218 Å². The van der Waals surface area contributed by atoms with E-state index in [0.29, 0.717) is 0 Å². The molecular weight excluding hydrogens is 797 g/mol. The third-order valence-corrected chi connectivity index (χ3v) is 13.7. The summed E-state index contributed by atoms with van der Waals surface area (Å²) in [5, 5.41) is 12.3. The first kappa shape index (κ1) is 39.4. The zero-order valence-corrected chi connectivity index (χ0v) is 37.7. The van der Waals surface area contributed by atoms with Crippen LogP contribution in [-0.2, 0) is 0 Å². The smallest absolute Gasteiger partial charge is 0.0569 e. The predicted octanol–water partition coefficient (Wildman–Crippen LogP) is 18.4. The number of anilines is 6. The van der Waals surface area contributed by atoms with Crippen molar-refractivity contribution >= 4 is 88.0 Å². The first-order chi connectivity index (χ1) is 32.4. The molecular formula is C64H48N2. The Morgan fingerprint density at radius 3 is 1.09 bits per heavy atom. The minimum Gasteiger partial charge on any atom is -0.309 e. The second-order valence-electron chi connectivity index (χ2n) is 18.0. The van der Waals surface area contributed by atoms with Crippen molar-refractivity contribution in [2.75, 3.05) is 9.80 Å². The summed E-state index contributed by atoms with van der Waals surface area (Å²) in [7, 11) is 0. The standard InChI is InChI=1S/C64H48N2/c1-41-21-25-47-27-23-43(3)63(57(47)37-41)65(53-19-11-17-51(39-53)45-13-7-5-8-14-45)59-35-31-49-30-34-56-60(36-32-50-29-33-55(59)61(49)62(50)56)66(54-20-12-18-52(40-54)46-15-9-6-10-16-46)64-44(4)24-28-48-26-22-42(2)38-58(48)64/h5-40H,1-4H3. The van der Waals surface area contributed by atoms with Gasteiger partial charge in [-0.15, -0.1) is 0 Å². The molecule has 0 aliphatic rings. The highest BCUT2D eigenvalue weighted by Gasteiger charge is 2.25. The van der Waals surface area contributed by atoms with E-state index in [2.05, 4.69) is 256 Å². The first-order valence-electron chi connectivity index (χ1n) is 23.0. The molecule has 2 heteroatoms. The fraction of sp³-hybridized carbons (Fsp3) is 0.0625. The highest BCUT2D eigenvalue weighted by molar-refractivity contribution is 6.28. The van der Waals surface area contributed by atoms with Gasteiger partial charge in [0.2, 0.25) is 0 Å². The molecule has 0 fully saturated rings. The Morgan fingerprint density at radius 2 is 0.652 bits per heavy atom. The van der Waals surface area contributed by atoms with E-state index in [1.165, 1.54) is 110 Å². The highest BCUT2D eigenvalue weighted by atomic mass is 15.2. The normalized spacial score (nSPS) is 11.6. The Bertz CT molecular complexity index is 3550. The van der Waals surface area contributed by atoms with Crippen molar-refractivity contribution in [2.24, 2.45) is 0 Å². The van der Waals surface area contributed by atoms with E-state index in [9.17, 15) is 0 Å². The predicted molar refractivity (Wildman–Crippen MR) is 284 cm³/mol.